The van der Waals surface area contributed by atoms with E-state index < -0.39 is 0 Å². The van der Waals surface area contributed by atoms with Crippen molar-refractivity contribution in [2.45, 2.75) is 59.4 Å². The molecule has 3 heterocycles. The summed E-state index contributed by atoms with van der Waals surface area (Å²) in [6.07, 6.45) is 6.38. The first kappa shape index (κ1) is 26.8. The van der Waals surface area contributed by atoms with E-state index in [0.29, 0.717) is 5.92 Å². The van der Waals surface area contributed by atoms with Gasteiger partial charge in [-0.05, 0) is 90.5 Å². The van der Waals surface area contributed by atoms with Crippen molar-refractivity contribution in [1.29, 1.82) is 0 Å². The van der Waals surface area contributed by atoms with Crippen molar-refractivity contribution in [3.8, 4) is 0 Å². The van der Waals surface area contributed by atoms with E-state index in [1.165, 1.54) is 62.4 Å². The molecule has 6 nitrogen and oxygen atoms in total. The monoisotopic (exact) mass is 562 g/mol. The molecule has 178 valence electrons. The fraction of sp³-hybridized carbons (Fsp3) is 0.826. The summed E-state index contributed by atoms with van der Waals surface area (Å²) in [5.41, 5.74) is 1.23. The maximum absolute atomic E-state index is 4.90. The van der Waals surface area contributed by atoms with Crippen molar-refractivity contribution in [3.63, 3.8) is 0 Å². The Labute approximate surface area is 210 Å². The molecule has 2 fully saturated rings. The molecule has 1 aromatic heterocycles. The third kappa shape index (κ3) is 9.92. The average Bonchev–Trinajstić information content (AvgIpc) is 3.16. The molecule has 0 unspecified atom stereocenters. The van der Waals surface area contributed by atoms with E-state index in [9.17, 15) is 0 Å². The summed E-state index contributed by atoms with van der Waals surface area (Å²) in [6, 6.07) is 0. The number of nitrogens with zero attached hydrogens (tertiary/aromatic N) is 4. The van der Waals surface area contributed by atoms with E-state index >= 15 is 0 Å². The summed E-state index contributed by atoms with van der Waals surface area (Å²) in [5.74, 6) is 2.60. The summed E-state index contributed by atoms with van der Waals surface area (Å²) in [4.78, 5) is 14.7. The van der Waals surface area contributed by atoms with Gasteiger partial charge in [-0.25, -0.2) is 4.98 Å². The minimum absolute atomic E-state index is 0. The number of aromatic nitrogens is 1. The summed E-state index contributed by atoms with van der Waals surface area (Å²) < 4.78 is 0. The van der Waals surface area contributed by atoms with Crippen molar-refractivity contribution in [2.75, 3.05) is 52.4 Å². The van der Waals surface area contributed by atoms with E-state index in [-0.39, 0.29) is 24.0 Å². The molecule has 0 radical (unpaired) electrons. The Hall–Kier alpha value is -0.450. The summed E-state index contributed by atoms with van der Waals surface area (Å²) in [5, 5.41) is 10.3. The van der Waals surface area contributed by atoms with Gasteiger partial charge >= 0.3 is 0 Å². The molecule has 0 atom stereocenters. The van der Waals surface area contributed by atoms with Crippen LogP contribution in [0.5, 0.6) is 0 Å². The molecule has 0 bridgehead atoms. The zero-order valence-electron chi connectivity index (χ0n) is 19.7. The Bertz CT molecular complexity index is 636. The molecule has 0 spiro atoms. The van der Waals surface area contributed by atoms with Crippen LogP contribution < -0.4 is 10.6 Å². The first-order chi connectivity index (χ1) is 14.6. The first-order valence-electron chi connectivity index (χ1n) is 12.0. The molecule has 2 saturated heterocycles. The number of rotatable bonds is 9. The van der Waals surface area contributed by atoms with Crippen LogP contribution in [-0.4, -0.2) is 73.1 Å². The number of halogens is 1. The van der Waals surface area contributed by atoms with E-state index in [4.69, 9.17) is 4.99 Å². The van der Waals surface area contributed by atoms with Crippen molar-refractivity contribution in [3.05, 3.63) is 16.1 Å². The number of piperidine rings is 2. The van der Waals surface area contributed by atoms with Crippen LogP contribution in [0, 0.1) is 18.8 Å². The molecular weight excluding hydrogens is 519 g/mol. The Morgan fingerprint density at radius 3 is 2.48 bits per heavy atom. The first-order valence-corrected chi connectivity index (χ1v) is 12.9. The number of likely N-dealkylation sites (tertiary alicyclic amines) is 2. The van der Waals surface area contributed by atoms with Gasteiger partial charge in [0.2, 0.25) is 0 Å². The number of hydrogen-bond acceptors (Lipinski definition) is 5. The standard InChI is InChI=1S/C23H42N6S.HI/c1-4-24-23(25-10-5-11-28-12-6-19(2)7-13-28)26-16-21-8-14-29(15-9-21)17-22-18-30-20(3)27-22;/h18-19,21H,4-17H2,1-3H3,(H2,24,25,26);1H. The third-order valence-electron chi connectivity index (χ3n) is 6.43. The molecule has 2 N–H and O–H groups in total. The van der Waals surface area contributed by atoms with Gasteiger partial charge in [0.1, 0.15) is 0 Å². The van der Waals surface area contributed by atoms with Gasteiger partial charge in [0, 0.05) is 31.6 Å². The van der Waals surface area contributed by atoms with Crippen LogP contribution in [0.4, 0.5) is 0 Å². The summed E-state index contributed by atoms with van der Waals surface area (Å²) in [7, 11) is 0. The second-order valence-electron chi connectivity index (χ2n) is 9.10. The largest absolute Gasteiger partial charge is 0.357 e. The van der Waals surface area contributed by atoms with Crippen LogP contribution in [0.3, 0.4) is 0 Å². The lowest BCUT2D eigenvalue weighted by atomic mass is 9.97. The molecule has 3 rings (SSSR count). The molecule has 8 heteroatoms. The van der Waals surface area contributed by atoms with Gasteiger partial charge < -0.3 is 15.5 Å². The number of thiazole rings is 1. The quantitative estimate of drug-likeness (QED) is 0.207. The lowest BCUT2D eigenvalue weighted by Crippen LogP contribution is -2.40. The van der Waals surface area contributed by atoms with Gasteiger partial charge in [0.25, 0.3) is 0 Å². The van der Waals surface area contributed by atoms with E-state index in [2.05, 4.69) is 51.6 Å². The lowest BCUT2D eigenvalue weighted by molar-refractivity contribution is 0.179. The fourth-order valence-corrected chi connectivity index (χ4v) is 5.00. The van der Waals surface area contributed by atoms with Crippen LogP contribution in [0.25, 0.3) is 0 Å². The zero-order chi connectivity index (χ0) is 21.2. The van der Waals surface area contributed by atoms with E-state index in [0.717, 1.165) is 51.1 Å². The van der Waals surface area contributed by atoms with Gasteiger partial charge in [0.05, 0.1) is 10.7 Å². The Morgan fingerprint density at radius 2 is 1.84 bits per heavy atom. The Balaban J connectivity index is 0.00000341. The van der Waals surface area contributed by atoms with Gasteiger partial charge in [-0.3, -0.25) is 9.89 Å². The van der Waals surface area contributed by atoms with Crippen LogP contribution in [-0.2, 0) is 6.54 Å². The van der Waals surface area contributed by atoms with E-state index in [1.807, 2.05) is 0 Å². The number of nitrogens with one attached hydrogen (secondary N) is 2. The molecule has 0 aliphatic carbocycles. The minimum Gasteiger partial charge on any atom is -0.357 e. The number of aliphatic imine (C=N–C) groups is 1. The topological polar surface area (TPSA) is 55.8 Å². The third-order valence-corrected chi connectivity index (χ3v) is 7.25. The predicted octanol–water partition coefficient (Wildman–Crippen LogP) is 3.96. The lowest BCUT2D eigenvalue weighted by Gasteiger charge is -2.31. The van der Waals surface area contributed by atoms with Crippen molar-refractivity contribution in [2.24, 2.45) is 16.8 Å². The average molecular weight is 563 g/mol. The Morgan fingerprint density at radius 1 is 1.13 bits per heavy atom. The fourth-order valence-electron chi connectivity index (χ4n) is 4.39. The highest BCUT2D eigenvalue weighted by Crippen LogP contribution is 2.20. The number of hydrogen-bond donors (Lipinski definition) is 2. The van der Waals surface area contributed by atoms with Crippen LogP contribution >= 0.6 is 35.3 Å². The highest BCUT2D eigenvalue weighted by Gasteiger charge is 2.20. The number of guanidine groups is 1. The molecule has 2 aliphatic heterocycles. The SMILES string of the molecule is CCNC(=NCC1CCN(Cc2csc(C)n2)CC1)NCCCN1CCC(C)CC1.I. The Kier molecular flexibility index (Phi) is 12.7. The predicted molar refractivity (Wildman–Crippen MR) is 144 cm³/mol. The molecule has 0 amide bonds. The van der Waals surface area contributed by atoms with Crippen molar-refractivity contribution >= 4 is 41.3 Å². The van der Waals surface area contributed by atoms with Gasteiger partial charge in [0.15, 0.2) is 5.96 Å². The van der Waals surface area contributed by atoms with Crippen LogP contribution in [0.15, 0.2) is 10.4 Å². The maximum atomic E-state index is 4.90. The smallest absolute Gasteiger partial charge is 0.191 e. The molecule has 0 saturated carbocycles. The van der Waals surface area contributed by atoms with Gasteiger partial charge in [-0.2, -0.15) is 0 Å². The second kappa shape index (κ2) is 14.6. The summed E-state index contributed by atoms with van der Waals surface area (Å²) >= 11 is 1.75. The highest BCUT2D eigenvalue weighted by molar-refractivity contribution is 14.0. The van der Waals surface area contributed by atoms with Crippen LogP contribution in [0.2, 0.25) is 0 Å². The van der Waals surface area contributed by atoms with Crippen molar-refractivity contribution < 1.29 is 0 Å². The van der Waals surface area contributed by atoms with Gasteiger partial charge in [-0.15, -0.1) is 35.3 Å². The van der Waals surface area contributed by atoms with E-state index in [1.54, 1.807) is 11.3 Å². The zero-order valence-corrected chi connectivity index (χ0v) is 22.9. The molecule has 1 aromatic rings. The van der Waals surface area contributed by atoms with Gasteiger partial charge in [-0.1, -0.05) is 6.92 Å². The minimum atomic E-state index is 0. The second-order valence-corrected chi connectivity index (χ2v) is 10.2. The highest BCUT2D eigenvalue weighted by atomic mass is 127. The molecule has 0 aromatic carbocycles. The molecule has 31 heavy (non-hydrogen) atoms. The maximum Gasteiger partial charge on any atom is 0.191 e. The van der Waals surface area contributed by atoms with Crippen LogP contribution in [0.1, 0.15) is 56.7 Å². The molecule has 2 aliphatic rings. The molecular formula is C23H43IN6S. The number of aryl methyl sites for hydroxylation is 1. The normalized spacial score (nSPS) is 19.9. The summed E-state index contributed by atoms with van der Waals surface area (Å²) in [6.45, 7) is 16.5. The van der Waals surface area contributed by atoms with Crippen molar-refractivity contribution in [1.82, 2.24) is 25.4 Å².